The monoisotopic (exact) mass is 647 g/mol. The highest BCUT2D eigenvalue weighted by Gasteiger charge is 2.73. The number of amides is 3. The molecule has 0 aliphatic carbocycles. The van der Waals surface area contributed by atoms with Gasteiger partial charge in [-0.3, -0.25) is 19.2 Å². The lowest BCUT2D eigenvalue weighted by atomic mass is 9.74. The van der Waals surface area contributed by atoms with E-state index < -0.39 is 59.5 Å². The molecule has 10 nitrogen and oxygen atoms in total. The third-order valence-electron chi connectivity index (χ3n) is 9.63. The van der Waals surface area contributed by atoms with E-state index in [4.69, 9.17) is 21.1 Å². The molecular weight excluding hydrogens is 610 g/mol. The molecule has 4 aliphatic heterocycles. The van der Waals surface area contributed by atoms with Gasteiger partial charge in [-0.05, 0) is 49.6 Å². The molecular formula is C35H38ClN3O7. The van der Waals surface area contributed by atoms with Crippen molar-refractivity contribution in [3.05, 3.63) is 89.5 Å². The Morgan fingerprint density at radius 1 is 1.00 bits per heavy atom. The second-order valence-electron chi connectivity index (χ2n) is 12.3. The van der Waals surface area contributed by atoms with Crippen molar-refractivity contribution in [2.45, 2.75) is 56.1 Å². The van der Waals surface area contributed by atoms with Crippen molar-refractivity contribution in [1.82, 2.24) is 9.80 Å². The van der Waals surface area contributed by atoms with Crippen LogP contribution in [0.15, 0.2) is 78.9 Å². The van der Waals surface area contributed by atoms with Crippen LogP contribution in [-0.4, -0.2) is 89.1 Å². The Balaban J connectivity index is 1.45. The van der Waals surface area contributed by atoms with Gasteiger partial charge in [-0.2, -0.15) is 0 Å². The molecule has 6 rings (SSSR count). The maximum atomic E-state index is 14.7. The molecule has 2 aromatic rings. The van der Waals surface area contributed by atoms with Crippen LogP contribution in [0.3, 0.4) is 0 Å². The van der Waals surface area contributed by atoms with Crippen LogP contribution >= 0.6 is 11.6 Å². The van der Waals surface area contributed by atoms with Crippen LogP contribution in [0.5, 0.6) is 0 Å². The van der Waals surface area contributed by atoms with Crippen LogP contribution in [0, 0.1) is 11.8 Å². The number of cyclic esters (lactones) is 1. The fraction of sp³-hybridized carbons (Fsp3) is 0.429. The van der Waals surface area contributed by atoms with Crippen LogP contribution in [0.1, 0.15) is 37.9 Å². The molecule has 46 heavy (non-hydrogen) atoms. The zero-order valence-electron chi connectivity index (χ0n) is 25.8. The average Bonchev–Trinajstić information content (AvgIpc) is 3.71. The number of anilines is 1. The number of nitrogens with zero attached hydrogens (tertiary/aromatic N) is 3. The minimum Gasteiger partial charge on any atom is -0.455 e. The van der Waals surface area contributed by atoms with Crippen LogP contribution in [0.4, 0.5) is 5.69 Å². The van der Waals surface area contributed by atoms with Gasteiger partial charge in [0, 0.05) is 43.9 Å². The molecule has 3 amide bonds. The Kier molecular flexibility index (Phi) is 9.05. The number of hydrogen-bond donors (Lipinski definition) is 1. The number of esters is 1. The average molecular weight is 648 g/mol. The SMILES string of the molecule is C[C@@H]1[C@@H](c2ccccc2)OC(=O)[C@@H]2[C@@H]3C=C[C@]4(O3)[C@H](C(=O)N(c3ccc(Cl)cc3)C/C=C\CCC(=O)N1C)N(CCCO)C(=O)[C@@H]24. The Bertz CT molecular complexity index is 1550. The number of ether oxygens (including phenoxy) is 2. The Hall–Kier alpha value is -3.99. The second kappa shape index (κ2) is 13.0. The number of carbonyl (C=O) groups excluding carboxylic acids is 4. The molecule has 11 heteroatoms. The molecule has 0 unspecified atom stereocenters. The van der Waals surface area contributed by atoms with Gasteiger partial charge in [-0.1, -0.05) is 66.2 Å². The smallest absolute Gasteiger partial charge is 0.313 e. The largest absolute Gasteiger partial charge is 0.455 e. The summed E-state index contributed by atoms with van der Waals surface area (Å²) in [6.07, 6.45) is 6.49. The van der Waals surface area contributed by atoms with Gasteiger partial charge in [0.2, 0.25) is 11.8 Å². The summed E-state index contributed by atoms with van der Waals surface area (Å²) in [5.74, 6) is -3.56. The van der Waals surface area contributed by atoms with E-state index in [0.717, 1.165) is 0 Å². The Labute approximate surface area is 273 Å². The quantitative estimate of drug-likeness (QED) is 0.389. The molecule has 1 N–H and O–H groups in total. The first kappa shape index (κ1) is 32.0. The van der Waals surface area contributed by atoms with Crippen LogP contribution in [0.25, 0.3) is 0 Å². The van der Waals surface area contributed by atoms with Crippen LogP contribution in [-0.2, 0) is 28.7 Å². The molecule has 0 saturated carbocycles. The second-order valence-corrected chi connectivity index (χ2v) is 12.7. The fourth-order valence-electron chi connectivity index (χ4n) is 7.19. The topological polar surface area (TPSA) is 117 Å². The standard InChI is InChI=1S/C35H38ClN3O7/c1-22-30(23-10-5-3-6-11-23)45-34(44)28-26-17-18-35(46-26)29(28)32(42)39(20-9-21-40)31(35)33(43)38(25-15-13-24(36)14-16-25)19-8-4-7-12-27(41)37(22)2/h3-6,8,10-11,13-18,22,26,28-31,40H,7,9,12,19-21H2,1-2H3/b8-4-/t22-,26+,28-,29-,30+,31+,35-/m1/s1. The number of aliphatic hydroxyl groups is 1. The van der Waals surface area contributed by atoms with E-state index in [1.54, 1.807) is 53.3 Å². The number of aliphatic hydroxyl groups excluding tert-OH is 1. The van der Waals surface area contributed by atoms with Gasteiger partial charge in [-0.25, -0.2) is 0 Å². The van der Waals surface area contributed by atoms with E-state index in [1.807, 2.05) is 49.4 Å². The molecule has 2 saturated heterocycles. The number of benzene rings is 2. The summed E-state index contributed by atoms with van der Waals surface area (Å²) in [4.78, 5) is 61.1. The number of hydrogen-bond acceptors (Lipinski definition) is 7. The first-order valence-electron chi connectivity index (χ1n) is 15.7. The zero-order chi connectivity index (χ0) is 32.6. The summed E-state index contributed by atoms with van der Waals surface area (Å²) >= 11 is 6.17. The highest BCUT2D eigenvalue weighted by atomic mass is 35.5. The summed E-state index contributed by atoms with van der Waals surface area (Å²) in [5, 5.41) is 10.2. The van der Waals surface area contributed by atoms with Crippen molar-refractivity contribution in [3.8, 4) is 0 Å². The lowest BCUT2D eigenvalue weighted by molar-refractivity contribution is -0.164. The zero-order valence-corrected chi connectivity index (χ0v) is 26.6. The first-order valence-corrected chi connectivity index (χ1v) is 16.1. The minimum absolute atomic E-state index is 0.106. The number of allylic oxidation sites excluding steroid dienone is 1. The lowest BCUT2D eigenvalue weighted by Crippen LogP contribution is -2.56. The maximum absolute atomic E-state index is 14.7. The Morgan fingerprint density at radius 2 is 1.74 bits per heavy atom. The molecule has 4 heterocycles. The van der Waals surface area contributed by atoms with E-state index in [0.29, 0.717) is 22.7 Å². The fourth-order valence-corrected chi connectivity index (χ4v) is 7.32. The van der Waals surface area contributed by atoms with Crippen molar-refractivity contribution in [1.29, 1.82) is 0 Å². The van der Waals surface area contributed by atoms with E-state index >= 15 is 0 Å². The van der Waals surface area contributed by atoms with E-state index in [9.17, 15) is 24.3 Å². The molecule has 4 aliphatic rings. The summed E-state index contributed by atoms with van der Waals surface area (Å²) in [6.45, 7) is 1.92. The molecule has 2 fully saturated rings. The highest BCUT2D eigenvalue weighted by Crippen LogP contribution is 2.56. The van der Waals surface area contributed by atoms with E-state index in [1.165, 1.54) is 4.90 Å². The normalized spacial score (nSPS) is 32.2. The molecule has 7 atom stereocenters. The molecule has 2 aromatic carbocycles. The van der Waals surface area contributed by atoms with Crippen molar-refractivity contribution >= 4 is 41.0 Å². The molecule has 5 bridgehead atoms. The maximum Gasteiger partial charge on any atom is 0.313 e. The van der Waals surface area contributed by atoms with Gasteiger partial charge in [-0.15, -0.1) is 0 Å². The molecule has 0 aromatic heterocycles. The van der Waals surface area contributed by atoms with E-state index in [-0.39, 0.29) is 38.4 Å². The third kappa shape index (κ3) is 5.52. The van der Waals surface area contributed by atoms with Crippen molar-refractivity contribution in [2.75, 3.05) is 31.6 Å². The number of carbonyl (C=O) groups is 4. The van der Waals surface area contributed by atoms with Gasteiger partial charge in [0.05, 0.1) is 18.1 Å². The van der Waals surface area contributed by atoms with E-state index in [2.05, 4.69) is 0 Å². The molecule has 0 radical (unpaired) electrons. The Morgan fingerprint density at radius 3 is 2.46 bits per heavy atom. The number of rotatable bonds is 5. The predicted octanol–water partition coefficient (Wildman–Crippen LogP) is 3.69. The first-order chi connectivity index (χ1) is 22.2. The van der Waals surface area contributed by atoms with Crippen molar-refractivity contribution in [2.24, 2.45) is 11.8 Å². The van der Waals surface area contributed by atoms with Gasteiger partial charge >= 0.3 is 5.97 Å². The van der Waals surface area contributed by atoms with Crippen LogP contribution < -0.4 is 4.90 Å². The number of fused-ring (bicyclic) bond motifs is 2. The van der Waals surface area contributed by atoms with Gasteiger partial charge in [0.15, 0.2) is 0 Å². The lowest BCUT2D eigenvalue weighted by Gasteiger charge is -2.36. The summed E-state index contributed by atoms with van der Waals surface area (Å²) < 4.78 is 12.7. The molecule has 1 spiro atoms. The minimum atomic E-state index is -1.40. The van der Waals surface area contributed by atoms with Gasteiger partial charge in [0.1, 0.15) is 23.7 Å². The summed E-state index contributed by atoms with van der Waals surface area (Å²) in [7, 11) is 1.69. The number of likely N-dealkylation sites (tertiary alicyclic amines) is 1. The summed E-state index contributed by atoms with van der Waals surface area (Å²) in [6, 6.07) is 14.4. The van der Waals surface area contributed by atoms with Crippen molar-refractivity contribution < 1.29 is 33.8 Å². The van der Waals surface area contributed by atoms with Crippen molar-refractivity contribution in [3.63, 3.8) is 0 Å². The van der Waals surface area contributed by atoms with Gasteiger partial charge < -0.3 is 29.3 Å². The molecule has 242 valence electrons. The summed E-state index contributed by atoms with van der Waals surface area (Å²) in [5.41, 5.74) is -0.126. The number of halogens is 1. The predicted molar refractivity (Wildman–Crippen MR) is 171 cm³/mol. The van der Waals surface area contributed by atoms with Gasteiger partial charge in [0.25, 0.3) is 5.91 Å². The number of likely N-dealkylation sites (N-methyl/N-ethyl adjacent to an activating group) is 1. The highest BCUT2D eigenvalue weighted by molar-refractivity contribution is 6.30. The third-order valence-corrected chi connectivity index (χ3v) is 9.89. The van der Waals surface area contributed by atoms with Crippen LogP contribution in [0.2, 0.25) is 5.02 Å².